The molecule has 1 aromatic carbocycles. The number of aromatic nitrogens is 4. The number of aromatic amines is 1. The Morgan fingerprint density at radius 3 is 2.65 bits per heavy atom. The van der Waals surface area contributed by atoms with E-state index in [0.717, 1.165) is 57.3 Å². The predicted molar refractivity (Wildman–Crippen MR) is 115 cm³/mol. The summed E-state index contributed by atoms with van der Waals surface area (Å²) in [6.07, 6.45) is 3.43. The van der Waals surface area contributed by atoms with Crippen molar-refractivity contribution < 1.29 is 9.13 Å². The van der Waals surface area contributed by atoms with Crippen LogP contribution in [-0.4, -0.2) is 50.8 Å². The zero-order valence-electron chi connectivity index (χ0n) is 17.8. The number of H-pyrrole nitrogens is 1. The monoisotopic (exact) mass is 425 g/mol. The van der Waals surface area contributed by atoms with Crippen molar-refractivity contribution in [2.75, 3.05) is 26.3 Å². The third-order valence-electron chi connectivity index (χ3n) is 6.66. The van der Waals surface area contributed by atoms with Crippen LogP contribution >= 0.6 is 0 Å². The van der Waals surface area contributed by atoms with Crippen molar-refractivity contribution in [3.05, 3.63) is 63.6 Å². The van der Waals surface area contributed by atoms with Gasteiger partial charge in [-0.2, -0.15) is 5.10 Å². The standard InChI is InChI=1S/C23H28FN5O2/c1-15-12-28(13-17-4-2-16(10-24)3-5-17)14-19(15)21-26-23(30)20-11-25-22(29(20)27-21)18-6-8-31-9-7-18/h2-5,11,15,18-19H,6-10,12-14H2,1H3,(H,26,27,30). The molecule has 3 aromatic rings. The second-order valence-corrected chi connectivity index (χ2v) is 8.87. The van der Waals surface area contributed by atoms with Crippen molar-refractivity contribution in [1.82, 2.24) is 24.5 Å². The Morgan fingerprint density at radius 2 is 1.90 bits per heavy atom. The van der Waals surface area contributed by atoms with E-state index in [1.807, 2.05) is 24.3 Å². The minimum absolute atomic E-state index is 0.136. The number of alkyl halides is 1. The second kappa shape index (κ2) is 8.51. The quantitative estimate of drug-likeness (QED) is 0.680. The van der Waals surface area contributed by atoms with Crippen molar-refractivity contribution in [3.63, 3.8) is 0 Å². The van der Waals surface area contributed by atoms with Crippen LogP contribution in [0, 0.1) is 5.92 Å². The number of ether oxygens (including phenoxy) is 1. The molecule has 1 N–H and O–H groups in total. The number of benzene rings is 1. The van der Waals surface area contributed by atoms with Crippen LogP contribution in [0.5, 0.6) is 0 Å². The zero-order chi connectivity index (χ0) is 21.4. The minimum Gasteiger partial charge on any atom is -0.381 e. The fourth-order valence-electron chi connectivity index (χ4n) is 4.88. The number of halogens is 1. The number of hydrogen-bond acceptors (Lipinski definition) is 5. The van der Waals surface area contributed by atoms with Gasteiger partial charge < -0.3 is 9.72 Å². The maximum absolute atomic E-state index is 12.8. The summed E-state index contributed by atoms with van der Waals surface area (Å²) in [4.78, 5) is 22.7. The Kier molecular flexibility index (Phi) is 5.58. The van der Waals surface area contributed by atoms with Crippen molar-refractivity contribution in [2.45, 2.75) is 44.8 Å². The van der Waals surface area contributed by atoms with Gasteiger partial charge in [0, 0.05) is 44.7 Å². The van der Waals surface area contributed by atoms with Gasteiger partial charge in [0.05, 0.1) is 6.20 Å². The highest BCUT2D eigenvalue weighted by Crippen LogP contribution is 2.31. The van der Waals surface area contributed by atoms with E-state index in [4.69, 9.17) is 9.84 Å². The lowest BCUT2D eigenvalue weighted by Gasteiger charge is -2.21. The summed E-state index contributed by atoms with van der Waals surface area (Å²) in [5.74, 6) is 2.36. The first-order valence-electron chi connectivity index (χ1n) is 11.0. The molecule has 8 heteroatoms. The third kappa shape index (κ3) is 4.02. The summed E-state index contributed by atoms with van der Waals surface area (Å²) < 4.78 is 20.0. The van der Waals surface area contributed by atoms with Crippen LogP contribution in [0.4, 0.5) is 4.39 Å². The molecular weight excluding hydrogens is 397 g/mol. The lowest BCUT2D eigenvalue weighted by Crippen LogP contribution is -2.24. The molecule has 0 saturated carbocycles. The van der Waals surface area contributed by atoms with E-state index in [-0.39, 0.29) is 17.4 Å². The fourth-order valence-corrected chi connectivity index (χ4v) is 4.88. The van der Waals surface area contributed by atoms with Gasteiger partial charge in [0.1, 0.15) is 18.3 Å². The van der Waals surface area contributed by atoms with Gasteiger partial charge in [-0.25, -0.2) is 13.9 Å². The average Bonchev–Trinajstić information content (AvgIpc) is 3.38. The van der Waals surface area contributed by atoms with Crippen molar-refractivity contribution >= 4 is 5.52 Å². The van der Waals surface area contributed by atoms with E-state index in [0.29, 0.717) is 17.0 Å². The Labute approximate surface area is 180 Å². The molecule has 2 aromatic heterocycles. The summed E-state index contributed by atoms with van der Waals surface area (Å²) in [7, 11) is 0. The van der Waals surface area contributed by atoms with Crippen LogP contribution in [0.15, 0.2) is 35.3 Å². The Morgan fingerprint density at radius 1 is 1.16 bits per heavy atom. The smallest absolute Gasteiger partial charge is 0.276 e. The molecule has 31 heavy (non-hydrogen) atoms. The highest BCUT2D eigenvalue weighted by atomic mass is 19.1. The first-order valence-corrected chi connectivity index (χ1v) is 11.0. The lowest BCUT2D eigenvalue weighted by atomic mass is 9.97. The summed E-state index contributed by atoms with van der Waals surface area (Å²) >= 11 is 0. The summed E-state index contributed by atoms with van der Waals surface area (Å²) in [6.45, 7) is 5.75. The molecule has 0 aliphatic carbocycles. The lowest BCUT2D eigenvalue weighted by molar-refractivity contribution is 0.0832. The Balaban J connectivity index is 1.38. The van der Waals surface area contributed by atoms with Gasteiger partial charge in [-0.15, -0.1) is 0 Å². The van der Waals surface area contributed by atoms with Gasteiger partial charge >= 0.3 is 0 Å². The van der Waals surface area contributed by atoms with Crippen LogP contribution in [0.1, 0.15) is 54.4 Å². The molecule has 2 aliphatic rings. The van der Waals surface area contributed by atoms with Crippen LogP contribution in [0.3, 0.4) is 0 Å². The summed E-state index contributed by atoms with van der Waals surface area (Å²) in [5, 5.41) is 4.86. The van der Waals surface area contributed by atoms with Crippen LogP contribution in [-0.2, 0) is 18.0 Å². The van der Waals surface area contributed by atoms with Crippen molar-refractivity contribution in [2.24, 2.45) is 5.92 Å². The second-order valence-electron chi connectivity index (χ2n) is 8.87. The number of rotatable bonds is 5. The van der Waals surface area contributed by atoms with Crippen molar-refractivity contribution in [1.29, 1.82) is 0 Å². The maximum atomic E-state index is 12.8. The first-order chi connectivity index (χ1) is 15.1. The molecule has 7 nitrogen and oxygen atoms in total. The topological polar surface area (TPSA) is 75.5 Å². The third-order valence-corrected chi connectivity index (χ3v) is 6.66. The zero-order valence-corrected chi connectivity index (χ0v) is 17.8. The number of imidazole rings is 1. The molecule has 2 atom stereocenters. The molecule has 2 fully saturated rings. The molecule has 4 heterocycles. The van der Waals surface area contributed by atoms with Gasteiger partial charge in [0.2, 0.25) is 0 Å². The van der Waals surface area contributed by atoms with E-state index in [1.165, 1.54) is 5.56 Å². The van der Waals surface area contributed by atoms with E-state index in [1.54, 1.807) is 10.7 Å². The van der Waals surface area contributed by atoms with Gasteiger partial charge in [-0.1, -0.05) is 31.2 Å². The van der Waals surface area contributed by atoms with E-state index >= 15 is 0 Å². The molecule has 0 amide bonds. The number of likely N-dealkylation sites (tertiary alicyclic amines) is 1. The highest BCUT2D eigenvalue weighted by Gasteiger charge is 2.33. The van der Waals surface area contributed by atoms with Gasteiger partial charge in [-0.3, -0.25) is 9.69 Å². The Bertz CT molecular complexity index is 1100. The van der Waals surface area contributed by atoms with E-state index in [2.05, 4.69) is 21.8 Å². The molecule has 2 unspecified atom stereocenters. The van der Waals surface area contributed by atoms with Gasteiger partial charge in [0.15, 0.2) is 5.52 Å². The van der Waals surface area contributed by atoms with Crippen LogP contribution < -0.4 is 5.56 Å². The largest absolute Gasteiger partial charge is 0.381 e. The highest BCUT2D eigenvalue weighted by molar-refractivity contribution is 5.42. The molecule has 0 radical (unpaired) electrons. The molecule has 0 spiro atoms. The first kappa shape index (κ1) is 20.3. The minimum atomic E-state index is -0.436. The molecule has 164 valence electrons. The number of hydrogen-bond donors (Lipinski definition) is 1. The summed E-state index contributed by atoms with van der Waals surface area (Å²) in [5.41, 5.74) is 2.23. The molecular formula is C23H28FN5O2. The molecule has 2 saturated heterocycles. The average molecular weight is 426 g/mol. The number of nitrogens with zero attached hydrogens (tertiary/aromatic N) is 4. The van der Waals surface area contributed by atoms with Crippen molar-refractivity contribution in [3.8, 4) is 0 Å². The molecule has 0 bridgehead atoms. The Hall–Kier alpha value is -2.58. The molecule has 5 rings (SSSR count). The summed E-state index contributed by atoms with van der Waals surface area (Å²) in [6, 6.07) is 7.67. The van der Waals surface area contributed by atoms with Crippen LogP contribution in [0.25, 0.3) is 5.52 Å². The van der Waals surface area contributed by atoms with Gasteiger partial charge in [-0.05, 0) is 29.9 Å². The normalized spacial score (nSPS) is 23.0. The van der Waals surface area contributed by atoms with E-state index in [9.17, 15) is 9.18 Å². The maximum Gasteiger partial charge on any atom is 0.276 e. The fraction of sp³-hybridized carbons (Fsp3) is 0.522. The number of fused-ring (bicyclic) bond motifs is 1. The van der Waals surface area contributed by atoms with E-state index < -0.39 is 6.67 Å². The number of nitrogens with one attached hydrogen (secondary N) is 1. The predicted octanol–water partition coefficient (Wildman–Crippen LogP) is 3.02. The van der Waals surface area contributed by atoms with Crippen LogP contribution in [0.2, 0.25) is 0 Å². The molecule has 2 aliphatic heterocycles. The SMILES string of the molecule is CC1CN(Cc2ccc(CF)cc2)CC1c1nn2c(C3CCOCC3)ncc2c(=O)[nH]1. The van der Waals surface area contributed by atoms with Gasteiger partial charge in [0.25, 0.3) is 5.56 Å².